The Morgan fingerprint density at radius 3 is 2.79 bits per heavy atom. The highest BCUT2D eigenvalue weighted by atomic mass is 32.2. The summed E-state index contributed by atoms with van der Waals surface area (Å²) >= 11 is 0. The summed E-state index contributed by atoms with van der Waals surface area (Å²) in [7, 11) is -3.19. The van der Waals surface area contributed by atoms with E-state index in [1.165, 1.54) is 0 Å². The highest BCUT2D eigenvalue weighted by Gasteiger charge is 2.16. The topological polar surface area (TPSA) is 81.4 Å². The van der Waals surface area contributed by atoms with Crippen molar-refractivity contribution in [3.05, 3.63) is 0 Å². The molecule has 1 saturated heterocycles. The van der Waals surface area contributed by atoms with Gasteiger partial charge in [-0.2, -0.15) is 0 Å². The zero-order valence-corrected chi connectivity index (χ0v) is 9.05. The first-order valence-electron chi connectivity index (χ1n) is 4.93. The third-order valence-corrected chi connectivity index (χ3v) is 3.57. The molecule has 0 aliphatic carbocycles. The third-order valence-electron chi connectivity index (χ3n) is 2.19. The number of hydrogen-bond acceptors (Lipinski definition) is 4. The maximum Gasteiger partial charge on any atom is 0.212 e. The molecular weight excluding hydrogens is 204 g/mol. The quantitative estimate of drug-likeness (QED) is 0.653. The fourth-order valence-electron chi connectivity index (χ4n) is 1.42. The monoisotopic (exact) mass is 222 g/mol. The van der Waals surface area contributed by atoms with Gasteiger partial charge in [0.25, 0.3) is 0 Å². The summed E-state index contributed by atoms with van der Waals surface area (Å²) in [6, 6.07) is 0. The molecule has 0 bridgehead atoms. The fourth-order valence-corrected chi connectivity index (χ4v) is 2.31. The van der Waals surface area contributed by atoms with E-state index in [1.54, 1.807) is 0 Å². The standard InChI is InChI=1S/C8H18N2O3S/c9-4-6-14(11,12)10-7-8-3-1-2-5-13-8/h8,10H,1-7,9H2/t8-/m1/s1. The predicted molar refractivity (Wildman–Crippen MR) is 54.4 cm³/mol. The Morgan fingerprint density at radius 2 is 2.21 bits per heavy atom. The van der Waals surface area contributed by atoms with Gasteiger partial charge in [0.1, 0.15) is 0 Å². The van der Waals surface area contributed by atoms with Gasteiger partial charge in [0.2, 0.25) is 10.0 Å². The molecule has 1 rings (SSSR count). The second-order valence-corrected chi connectivity index (χ2v) is 5.37. The normalized spacial score (nSPS) is 23.6. The molecule has 0 aromatic heterocycles. The average molecular weight is 222 g/mol. The molecule has 1 atom stereocenters. The van der Waals surface area contributed by atoms with Crippen molar-refractivity contribution in [1.82, 2.24) is 4.72 Å². The number of ether oxygens (including phenoxy) is 1. The van der Waals surface area contributed by atoms with Gasteiger partial charge >= 0.3 is 0 Å². The lowest BCUT2D eigenvalue weighted by Gasteiger charge is -2.22. The fraction of sp³-hybridized carbons (Fsp3) is 1.00. The van der Waals surface area contributed by atoms with E-state index in [9.17, 15) is 8.42 Å². The van der Waals surface area contributed by atoms with Crippen molar-refractivity contribution in [2.75, 3.05) is 25.4 Å². The SMILES string of the molecule is NCCS(=O)(=O)NC[C@H]1CCCCO1. The molecule has 0 spiro atoms. The van der Waals surface area contributed by atoms with Crippen LogP contribution in [0.2, 0.25) is 0 Å². The molecule has 84 valence electrons. The summed E-state index contributed by atoms with van der Waals surface area (Å²) < 4.78 is 30.3. The number of nitrogens with two attached hydrogens (primary N) is 1. The van der Waals surface area contributed by atoms with Crippen molar-refractivity contribution in [3.8, 4) is 0 Å². The molecular formula is C8H18N2O3S. The second kappa shape index (κ2) is 5.65. The van der Waals surface area contributed by atoms with Crippen molar-refractivity contribution in [3.63, 3.8) is 0 Å². The van der Waals surface area contributed by atoms with Gasteiger partial charge in [0.05, 0.1) is 11.9 Å². The number of hydrogen-bond donors (Lipinski definition) is 2. The zero-order valence-electron chi connectivity index (χ0n) is 8.24. The van der Waals surface area contributed by atoms with E-state index in [-0.39, 0.29) is 18.4 Å². The lowest BCUT2D eigenvalue weighted by Crippen LogP contribution is -2.37. The third kappa shape index (κ3) is 4.36. The van der Waals surface area contributed by atoms with Gasteiger partial charge < -0.3 is 10.5 Å². The van der Waals surface area contributed by atoms with Crippen molar-refractivity contribution in [2.24, 2.45) is 5.73 Å². The Balaban J connectivity index is 2.24. The molecule has 0 aromatic carbocycles. The van der Waals surface area contributed by atoms with Crippen LogP contribution >= 0.6 is 0 Å². The summed E-state index contributed by atoms with van der Waals surface area (Å²) in [4.78, 5) is 0. The lowest BCUT2D eigenvalue weighted by molar-refractivity contribution is 0.0200. The molecule has 0 saturated carbocycles. The molecule has 1 aliphatic heterocycles. The zero-order chi connectivity index (χ0) is 10.4. The largest absolute Gasteiger partial charge is 0.377 e. The van der Waals surface area contributed by atoms with Crippen molar-refractivity contribution in [2.45, 2.75) is 25.4 Å². The van der Waals surface area contributed by atoms with E-state index in [1.807, 2.05) is 0 Å². The average Bonchev–Trinajstić information content (AvgIpc) is 2.17. The van der Waals surface area contributed by atoms with Crippen LogP contribution in [0, 0.1) is 0 Å². The maximum atomic E-state index is 11.2. The molecule has 0 aromatic rings. The van der Waals surface area contributed by atoms with Gasteiger partial charge in [-0.15, -0.1) is 0 Å². The minimum Gasteiger partial charge on any atom is -0.377 e. The molecule has 0 radical (unpaired) electrons. The Hall–Kier alpha value is -0.170. The molecule has 3 N–H and O–H groups in total. The Kier molecular flexibility index (Phi) is 4.80. The van der Waals surface area contributed by atoms with Crippen LogP contribution < -0.4 is 10.5 Å². The second-order valence-electron chi connectivity index (χ2n) is 3.44. The highest BCUT2D eigenvalue weighted by Crippen LogP contribution is 2.11. The predicted octanol–water partition coefficient (Wildman–Crippen LogP) is -0.566. The first-order chi connectivity index (χ1) is 6.64. The van der Waals surface area contributed by atoms with E-state index < -0.39 is 10.0 Å². The Labute approximate surface area is 85.1 Å². The van der Waals surface area contributed by atoms with Gasteiger partial charge in [-0.3, -0.25) is 0 Å². The van der Waals surface area contributed by atoms with Crippen LogP contribution in [0.1, 0.15) is 19.3 Å². The Morgan fingerprint density at radius 1 is 1.43 bits per heavy atom. The number of sulfonamides is 1. The van der Waals surface area contributed by atoms with Crippen LogP contribution in [-0.4, -0.2) is 40.0 Å². The van der Waals surface area contributed by atoms with Crippen LogP contribution in [0.3, 0.4) is 0 Å². The summed E-state index contributed by atoms with van der Waals surface area (Å²) in [5.74, 6) is -0.0142. The van der Waals surface area contributed by atoms with Crippen LogP contribution in [-0.2, 0) is 14.8 Å². The number of nitrogens with one attached hydrogen (secondary N) is 1. The van der Waals surface area contributed by atoms with E-state index in [0.717, 1.165) is 25.9 Å². The van der Waals surface area contributed by atoms with Gasteiger partial charge in [-0.1, -0.05) is 0 Å². The van der Waals surface area contributed by atoms with Gasteiger partial charge in [-0.05, 0) is 19.3 Å². The molecule has 14 heavy (non-hydrogen) atoms. The molecule has 1 fully saturated rings. The highest BCUT2D eigenvalue weighted by molar-refractivity contribution is 7.89. The minimum atomic E-state index is -3.19. The molecule has 1 aliphatic rings. The number of rotatable bonds is 5. The first kappa shape index (κ1) is 11.9. The van der Waals surface area contributed by atoms with Crippen LogP contribution in [0.4, 0.5) is 0 Å². The smallest absolute Gasteiger partial charge is 0.212 e. The van der Waals surface area contributed by atoms with Crippen molar-refractivity contribution >= 4 is 10.0 Å². The molecule has 1 heterocycles. The summed E-state index contributed by atoms with van der Waals surface area (Å²) in [6.07, 6.45) is 3.16. The molecule has 5 nitrogen and oxygen atoms in total. The van der Waals surface area contributed by atoms with Crippen molar-refractivity contribution in [1.29, 1.82) is 0 Å². The van der Waals surface area contributed by atoms with Gasteiger partial charge in [-0.25, -0.2) is 13.1 Å². The maximum absolute atomic E-state index is 11.2. The first-order valence-corrected chi connectivity index (χ1v) is 6.58. The summed E-state index contributed by atoms with van der Waals surface area (Å²) in [6.45, 7) is 1.27. The minimum absolute atomic E-state index is 0.0142. The molecule has 6 heteroatoms. The van der Waals surface area contributed by atoms with E-state index >= 15 is 0 Å². The van der Waals surface area contributed by atoms with Gasteiger partial charge in [0, 0.05) is 19.7 Å². The lowest BCUT2D eigenvalue weighted by atomic mass is 10.1. The van der Waals surface area contributed by atoms with E-state index in [0.29, 0.717) is 6.54 Å². The van der Waals surface area contributed by atoms with Crippen LogP contribution in [0.25, 0.3) is 0 Å². The summed E-state index contributed by atoms with van der Waals surface area (Å²) in [5.41, 5.74) is 5.17. The Bertz CT molecular complexity index is 247. The van der Waals surface area contributed by atoms with Crippen LogP contribution in [0.5, 0.6) is 0 Å². The van der Waals surface area contributed by atoms with Crippen LogP contribution in [0.15, 0.2) is 0 Å². The van der Waals surface area contributed by atoms with Gasteiger partial charge in [0.15, 0.2) is 0 Å². The van der Waals surface area contributed by atoms with Crippen molar-refractivity contribution < 1.29 is 13.2 Å². The summed E-state index contributed by atoms with van der Waals surface area (Å²) in [5, 5.41) is 0. The molecule has 0 amide bonds. The van der Waals surface area contributed by atoms with E-state index in [4.69, 9.17) is 10.5 Å². The van der Waals surface area contributed by atoms with E-state index in [2.05, 4.69) is 4.72 Å². The molecule has 0 unspecified atom stereocenters.